The summed E-state index contributed by atoms with van der Waals surface area (Å²) in [6.45, 7) is 3.88. The molecule has 14 heavy (non-hydrogen) atoms. The molecule has 1 nitrogen and oxygen atoms in total. The Kier molecular flexibility index (Phi) is 3.10. The second-order valence-corrected chi connectivity index (χ2v) is 4.05. The van der Waals surface area contributed by atoms with Gasteiger partial charge in [-0.05, 0) is 42.9 Å². The Labute approximate surface area is 86.1 Å². The third kappa shape index (κ3) is 1.87. The number of carbonyl (C=O) groups excluding carboxylic acids is 1. The van der Waals surface area contributed by atoms with Crippen LogP contribution in [0.2, 0.25) is 0 Å². The minimum absolute atomic E-state index is 0. The van der Waals surface area contributed by atoms with Gasteiger partial charge in [0.1, 0.15) is 0 Å². The first-order valence-corrected chi connectivity index (χ1v) is 4.79. The number of fused-ring (bicyclic) bond motifs is 1. The van der Waals surface area contributed by atoms with Crippen LogP contribution in [0.15, 0.2) is 18.2 Å². The molecule has 1 heteroatoms. The monoisotopic (exact) mass is 190 g/mol. The summed E-state index contributed by atoms with van der Waals surface area (Å²) in [5, 5.41) is 0. The van der Waals surface area contributed by atoms with Gasteiger partial charge in [0.05, 0.1) is 0 Å². The zero-order valence-electron chi connectivity index (χ0n) is 8.13. The molecule has 1 aliphatic rings. The SMILES string of the molecule is C.CC(=O)c1ccc2c(c1)CC(C)C2. The summed E-state index contributed by atoms with van der Waals surface area (Å²) in [6.07, 6.45) is 2.31. The van der Waals surface area contributed by atoms with Crippen molar-refractivity contribution in [2.75, 3.05) is 0 Å². The number of ketones is 1. The summed E-state index contributed by atoms with van der Waals surface area (Å²) in [5.74, 6) is 0.916. The fourth-order valence-electron chi connectivity index (χ4n) is 2.06. The fraction of sp³-hybridized carbons (Fsp3) is 0.462. The van der Waals surface area contributed by atoms with Gasteiger partial charge < -0.3 is 0 Å². The fourth-order valence-corrected chi connectivity index (χ4v) is 2.06. The van der Waals surface area contributed by atoms with Gasteiger partial charge in [0, 0.05) is 5.56 Å². The molecule has 1 aliphatic carbocycles. The smallest absolute Gasteiger partial charge is 0.159 e. The number of hydrogen-bond acceptors (Lipinski definition) is 1. The number of rotatable bonds is 1. The highest BCUT2D eigenvalue weighted by Gasteiger charge is 2.17. The van der Waals surface area contributed by atoms with Crippen LogP contribution in [-0.2, 0) is 12.8 Å². The highest BCUT2D eigenvalue weighted by Crippen LogP contribution is 2.27. The summed E-state index contributed by atoms with van der Waals surface area (Å²) in [5.41, 5.74) is 3.66. The summed E-state index contributed by atoms with van der Waals surface area (Å²) in [6, 6.07) is 6.11. The first-order chi connectivity index (χ1) is 6.16. The third-order valence-corrected chi connectivity index (χ3v) is 2.75. The van der Waals surface area contributed by atoms with Crippen molar-refractivity contribution in [2.45, 2.75) is 34.1 Å². The molecular formula is C13H18O. The third-order valence-electron chi connectivity index (χ3n) is 2.75. The van der Waals surface area contributed by atoms with E-state index in [2.05, 4.69) is 19.1 Å². The molecule has 0 heterocycles. The minimum atomic E-state index is 0. The molecule has 0 spiro atoms. The summed E-state index contributed by atoms with van der Waals surface area (Å²) in [4.78, 5) is 11.1. The number of benzene rings is 1. The van der Waals surface area contributed by atoms with E-state index < -0.39 is 0 Å². The molecule has 0 saturated heterocycles. The first kappa shape index (κ1) is 11.0. The van der Waals surface area contributed by atoms with Gasteiger partial charge >= 0.3 is 0 Å². The summed E-state index contributed by atoms with van der Waals surface area (Å²) in [7, 11) is 0. The standard InChI is InChI=1S/C12H14O.CH4/c1-8-5-11-4-3-10(9(2)13)7-12(11)6-8;/h3-4,7-8H,5-6H2,1-2H3;1H4. The van der Waals surface area contributed by atoms with E-state index in [1.165, 1.54) is 17.5 Å². The van der Waals surface area contributed by atoms with Gasteiger partial charge in [-0.25, -0.2) is 0 Å². The largest absolute Gasteiger partial charge is 0.295 e. The predicted molar refractivity (Wildman–Crippen MR) is 59.7 cm³/mol. The van der Waals surface area contributed by atoms with Crippen LogP contribution in [0.1, 0.15) is 42.8 Å². The van der Waals surface area contributed by atoms with E-state index in [1.54, 1.807) is 6.92 Å². The zero-order valence-corrected chi connectivity index (χ0v) is 8.13. The number of hydrogen-bond donors (Lipinski definition) is 0. The van der Waals surface area contributed by atoms with E-state index in [9.17, 15) is 4.79 Å². The van der Waals surface area contributed by atoms with Gasteiger partial charge in [-0.2, -0.15) is 0 Å². The Morgan fingerprint density at radius 1 is 1.29 bits per heavy atom. The molecule has 0 fully saturated rings. The lowest BCUT2D eigenvalue weighted by Gasteiger charge is -2.00. The zero-order chi connectivity index (χ0) is 9.42. The topological polar surface area (TPSA) is 17.1 Å². The normalized spacial score (nSPS) is 18.6. The lowest BCUT2D eigenvalue weighted by Crippen LogP contribution is -1.93. The van der Waals surface area contributed by atoms with Crippen molar-refractivity contribution in [1.82, 2.24) is 0 Å². The molecule has 0 amide bonds. The number of Topliss-reactive ketones (excluding diaryl/α,β-unsaturated/α-hetero) is 1. The van der Waals surface area contributed by atoms with Crippen molar-refractivity contribution in [3.63, 3.8) is 0 Å². The van der Waals surface area contributed by atoms with Crippen LogP contribution >= 0.6 is 0 Å². The molecule has 2 rings (SSSR count). The van der Waals surface area contributed by atoms with Crippen molar-refractivity contribution < 1.29 is 4.79 Å². The van der Waals surface area contributed by atoms with Gasteiger partial charge in [0.15, 0.2) is 5.78 Å². The molecule has 0 N–H and O–H groups in total. The molecule has 0 aromatic heterocycles. The van der Waals surface area contributed by atoms with Crippen molar-refractivity contribution in [3.05, 3.63) is 34.9 Å². The molecule has 76 valence electrons. The van der Waals surface area contributed by atoms with Crippen molar-refractivity contribution in [3.8, 4) is 0 Å². The van der Waals surface area contributed by atoms with Crippen LogP contribution < -0.4 is 0 Å². The van der Waals surface area contributed by atoms with Gasteiger partial charge in [0.2, 0.25) is 0 Å². The summed E-state index contributed by atoms with van der Waals surface area (Å²) < 4.78 is 0. The highest BCUT2D eigenvalue weighted by atomic mass is 16.1. The molecule has 1 unspecified atom stereocenters. The summed E-state index contributed by atoms with van der Waals surface area (Å²) >= 11 is 0. The molecule has 1 atom stereocenters. The van der Waals surface area contributed by atoms with Crippen molar-refractivity contribution in [2.24, 2.45) is 5.92 Å². The molecule has 1 aromatic carbocycles. The maximum atomic E-state index is 11.1. The molecule has 0 aliphatic heterocycles. The molecular weight excluding hydrogens is 172 g/mol. The first-order valence-electron chi connectivity index (χ1n) is 4.79. The van der Waals surface area contributed by atoms with Crippen LogP contribution in [0.4, 0.5) is 0 Å². The van der Waals surface area contributed by atoms with E-state index in [1.807, 2.05) is 6.07 Å². The molecule has 0 saturated carbocycles. The maximum absolute atomic E-state index is 11.1. The Morgan fingerprint density at radius 3 is 2.57 bits per heavy atom. The Morgan fingerprint density at radius 2 is 1.93 bits per heavy atom. The predicted octanol–water partition coefficient (Wildman–Crippen LogP) is 3.26. The number of carbonyl (C=O) groups is 1. The Hall–Kier alpha value is -1.11. The van der Waals surface area contributed by atoms with Crippen molar-refractivity contribution in [1.29, 1.82) is 0 Å². The van der Waals surface area contributed by atoms with Crippen LogP contribution in [-0.4, -0.2) is 5.78 Å². The maximum Gasteiger partial charge on any atom is 0.159 e. The van der Waals surface area contributed by atoms with Gasteiger partial charge in [0.25, 0.3) is 0 Å². The van der Waals surface area contributed by atoms with Gasteiger partial charge in [-0.3, -0.25) is 4.79 Å². The lowest BCUT2D eigenvalue weighted by molar-refractivity contribution is 0.101. The lowest BCUT2D eigenvalue weighted by atomic mass is 10.0. The van der Waals surface area contributed by atoms with Crippen molar-refractivity contribution >= 4 is 5.78 Å². The van der Waals surface area contributed by atoms with E-state index in [4.69, 9.17) is 0 Å². The van der Waals surface area contributed by atoms with Gasteiger partial charge in [-0.1, -0.05) is 26.5 Å². The van der Waals surface area contributed by atoms with Gasteiger partial charge in [-0.15, -0.1) is 0 Å². The second-order valence-electron chi connectivity index (χ2n) is 4.05. The average molecular weight is 190 g/mol. The minimum Gasteiger partial charge on any atom is -0.295 e. The van der Waals surface area contributed by atoms with E-state index >= 15 is 0 Å². The molecule has 0 radical (unpaired) electrons. The molecule has 1 aromatic rings. The van der Waals surface area contributed by atoms with Crippen LogP contribution in [0.3, 0.4) is 0 Å². The van der Waals surface area contributed by atoms with E-state index in [-0.39, 0.29) is 13.2 Å². The Balaban J connectivity index is 0.000000980. The second kappa shape index (κ2) is 3.95. The van der Waals surface area contributed by atoms with E-state index in [0.717, 1.165) is 17.9 Å². The van der Waals surface area contributed by atoms with E-state index in [0.29, 0.717) is 0 Å². The van der Waals surface area contributed by atoms with Crippen LogP contribution in [0.5, 0.6) is 0 Å². The average Bonchev–Trinajstić information content (AvgIpc) is 2.42. The van der Waals surface area contributed by atoms with Crippen LogP contribution in [0, 0.1) is 5.92 Å². The quantitative estimate of drug-likeness (QED) is 0.621. The Bertz CT molecular complexity index is 352. The molecule has 0 bridgehead atoms. The highest BCUT2D eigenvalue weighted by molar-refractivity contribution is 5.94. The van der Waals surface area contributed by atoms with Crippen LogP contribution in [0.25, 0.3) is 0 Å².